The van der Waals surface area contributed by atoms with E-state index >= 15 is 0 Å². The molecule has 1 fully saturated rings. The lowest BCUT2D eigenvalue weighted by molar-refractivity contribution is -0.136. The van der Waals surface area contributed by atoms with E-state index in [-0.39, 0.29) is 19.4 Å². The first-order valence-electron chi connectivity index (χ1n) is 11.9. The van der Waals surface area contributed by atoms with Crippen LogP contribution in [-0.4, -0.2) is 51.9 Å². The van der Waals surface area contributed by atoms with Gasteiger partial charge in [-0.15, -0.1) is 0 Å². The average Bonchev–Trinajstić information content (AvgIpc) is 3.08. The van der Waals surface area contributed by atoms with Crippen LogP contribution in [0.15, 0.2) is 0 Å². The average molecular weight is 444 g/mol. The van der Waals surface area contributed by atoms with Gasteiger partial charge in [-0.3, -0.25) is 9.59 Å². The van der Waals surface area contributed by atoms with Gasteiger partial charge in [-0.25, -0.2) is 4.79 Å². The zero-order valence-corrected chi connectivity index (χ0v) is 20.1. The second-order valence-corrected chi connectivity index (χ2v) is 9.98. The van der Waals surface area contributed by atoms with E-state index in [0.717, 1.165) is 51.4 Å². The fourth-order valence-corrected chi connectivity index (χ4v) is 5.42. The molecule has 0 saturated carbocycles. The number of likely N-dealkylation sites (tertiary alicyclic amines) is 1. The van der Waals surface area contributed by atoms with E-state index in [1.807, 2.05) is 0 Å². The predicted octanol–water partition coefficient (Wildman–Crippen LogP) is 4.86. The molecule has 0 unspecified atom stereocenters. The standard InChI is InChI=1S/C22H41NO6Si/c1-3-16-28-30(29-17-4-2)19-13-11-9-7-5-6-8-10-12-18-27-22(26)23-20(24)14-15-21(23)25/h30H,3-19H2,1-2H3. The molecule has 1 saturated heterocycles. The van der Waals surface area contributed by atoms with Crippen LogP contribution in [0, 0.1) is 0 Å². The molecule has 1 rings (SSSR count). The Morgan fingerprint density at radius 2 is 1.23 bits per heavy atom. The third kappa shape index (κ3) is 11.8. The summed E-state index contributed by atoms with van der Waals surface area (Å²) in [5, 5.41) is 0. The number of rotatable bonds is 18. The van der Waals surface area contributed by atoms with Crippen molar-refractivity contribution in [2.24, 2.45) is 0 Å². The van der Waals surface area contributed by atoms with Gasteiger partial charge in [-0.2, -0.15) is 4.90 Å². The fourth-order valence-electron chi connectivity index (χ4n) is 3.37. The summed E-state index contributed by atoms with van der Waals surface area (Å²) in [4.78, 5) is 35.2. The molecule has 1 aliphatic heterocycles. The Morgan fingerprint density at radius 3 is 1.73 bits per heavy atom. The van der Waals surface area contributed by atoms with Gasteiger partial charge in [0.2, 0.25) is 11.8 Å². The van der Waals surface area contributed by atoms with Crippen LogP contribution in [0.1, 0.15) is 97.3 Å². The van der Waals surface area contributed by atoms with Crippen molar-refractivity contribution in [2.75, 3.05) is 19.8 Å². The zero-order chi connectivity index (χ0) is 22.0. The predicted molar refractivity (Wildman–Crippen MR) is 118 cm³/mol. The van der Waals surface area contributed by atoms with Gasteiger partial charge in [0, 0.05) is 26.1 Å². The summed E-state index contributed by atoms with van der Waals surface area (Å²) in [6.07, 6.45) is 11.8. The number of hydrogen-bond donors (Lipinski definition) is 0. The van der Waals surface area contributed by atoms with Crippen molar-refractivity contribution in [3.05, 3.63) is 0 Å². The molecule has 0 atom stereocenters. The van der Waals surface area contributed by atoms with E-state index in [1.54, 1.807) is 0 Å². The molecule has 3 amide bonds. The van der Waals surface area contributed by atoms with Gasteiger partial charge in [0.15, 0.2) is 0 Å². The lowest BCUT2D eigenvalue weighted by atomic mass is 10.1. The highest BCUT2D eigenvalue weighted by Gasteiger charge is 2.35. The summed E-state index contributed by atoms with van der Waals surface area (Å²) in [7, 11) is -1.45. The van der Waals surface area contributed by atoms with E-state index < -0.39 is 27.2 Å². The molecule has 174 valence electrons. The number of hydrogen-bond acceptors (Lipinski definition) is 6. The summed E-state index contributed by atoms with van der Waals surface area (Å²) >= 11 is 0. The van der Waals surface area contributed by atoms with Crippen LogP contribution >= 0.6 is 0 Å². The van der Waals surface area contributed by atoms with Crippen LogP contribution in [-0.2, 0) is 23.2 Å². The van der Waals surface area contributed by atoms with E-state index in [2.05, 4.69) is 13.8 Å². The topological polar surface area (TPSA) is 82.1 Å². The molecule has 0 spiro atoms. The first-order chi connectivity index (χ1) is 14.6. The van der Waals surface area contributed by atoms with Crippen molar-refractivity contribution < 1.29 is 28.0 Å². The summed E-state index contributed by atoms with van der Waals surface area (Å²) in [6.45, 7) is 6.19. The van der Waals surface area contributed by atoms with Crippen molar-refractivity contribution in [2.45, 2.75) is 103 Å². The van der Waals surface area contributed by atoms with Crippen LogP contribution in [0.5, 0.6) is 0 Å². The van der Waals surface area contributed by atoms with Crippen molar-refractivity contribution in [3.8, 4) is 0 Å². The summed E-state index contributed by atoms with van der Waals surface area (Å²) < 4.78 is 16.8. The Hall–Kier alpha value is -1.25. The molecular formula is C22H41NO6Si. The van der Waals surface area contributed by atoms with Gasteiger partial charge in [0.05, 0.1) is 6.61 Å². The molecule has 0 bridgehead atoms. The van der Waals surface area contributed by atoms with Crippen LogP contribution in [0.3, 0.4) is 0 Å². The van der Waals surface area contributed by atoms with Crippen LogP contribution < -0.4 is 0 Å². The Balaban J connectivity index is 1.90. The second-order valence-electron chi connectivity index (χ2n) is 7.88. The molecule has 0 N–H and O–H groups in total. The second kappa shape index (κ2) is 17.4. The first kappa shape index (κ1) is 26.8. The monoisotopic (exact) mass is 443 g/mol. The van der Waals surface area contributed by atoms with E-state index in [4.69, 9.17) is 13.6 Å². The van der Waals surface area contributed by atoms with Gasteiger partial charge < -0.3 is 13.6 Å². The molecule has 8 heteroatoms. The third-order valence-electron chi connectivity index (χ3n) is 5.06. The number of amides is 3. The molecular weight excluding hydrogens is 402 g/mol. The number of ether oxygens (including phenoxy) is 1. The molecule has 0 radical (unpaired) electrons. The lowest BCUT2D eigenvalue weighted by Crippen LogP contribution is -2.36. The number of carbonyl (C=O) groups excluding carboxylic acids is 3. The van der Waals surface area contributed by atoms with Gasteiger partial charge in [0.1, 0.15) is 0 Å². The highest BCUT2D eigenvalue weighted by Crippen LogP contribution is 2.15. The number of carbonyl (C=O) groups is 3. The van der Waals surface area contributed by atoms with E-state index in [0.29, 0.717) is 4.90 Å². The zero-order valence-electron chi connectivity index (χ0n) is 19.0. The SMILES string of the molecule is CCCO[SiH](CCCCCCCCCCCOC(=O)N1C(=O)CCC1=O)OCCC. The van der Waals surface area contributed by atoms with Crippen molar-refractivity contribution in [1.29, 1.82) is 0 Å². The number of nitrogens with zero attached hydrogens (tertiary/aromatic N) is 1. The van der Waals surface area contributed by atoms with Crippen LogP contribution in [0.4, 0.5) is 4.79 Å². The summed E-state index contributed by atoms with van der Waals surface area (Å²) in [5.74, 6) is -0.908. The largest absolute Gasteiger partial charge is 0.449 e. The minimum absolute atomic E-state index is 0.107. The normalized spacial score (nSPS) is 14.2. The van der Waals surface area contributed by atoms with E-state index in [1.165, 1.54) is 38.5 Å². The molecule has 0 aliphatic carbocycles. The highest BCUT2D eigenvalue weighted by molar-refractivity contribution is 6.44. The molecule has 7 nitrogen and oxygen atoms in total. The Morgan fingerprint density at radius 1 is 0.767 bits per heavy atom. The lowest BCUT2D eigenvalue weighted by Gasteiger charge is -2.16. The Bertz CT molecular complexity index is 478. The molecule has 1 aliphatic rings. The van der Waals surface area contributed by atoms with Gasteiger partial charge >= 0.3 is 15.4 Å². The van der Waals surface area contributed by atoms with Crippen molar-refractivity contribution in [3.63, 3.8) is 0 Å². The Labute approximate surface area is 183 Å². The smallest absolute Gasteiger partial charge is 0.423 e. The maximum Gasteiger partial charge on any atom is 0.423 e. The summed E-state index contributed by atoms with van der Waals surface area (Å²) in [6, 6.07) is 1.12. The minimum atomic E-state index is -1.45. The third-order valence-corrected chi connectivity index (χ3v) is 7.15. The van der Waals surface area contributed by atoms with E-state index in [9.17, 15) is 14.4 Å². The first-order valence-corrected chi connectivity index (χ1v) is 13.6. The van der Waals surface area contributed by atoms with Crippen molar-refractivity contribution >= 4 is 27.2 Å². The van der Waals surface area contributed by atoms with Gasteiger partial charge in [-0.1, -0.05) is 65.2 Å². The number of unbranched alkanes of at least 4 members (excludes halogenated alkanes) is 8. The molecule has 0 aromatic carbocycles. The van der Waals surface area contributed by atoms with Crippen LogP contribution in [0.25, 0.3) is 0 Å². The Kier molecular flexibility index (Phi) is 15.6. The molecule has 30 heavy (non-hydrogen) atoms. The van der Waals surface area contributed by atoms with Crippen LogP contribution in [0.2, 0.25) is 6.04 Å². The molecule has 0 aromatic heterocycles. The minimum Gasteiger partial charge on any atom is -0.449 e. The van der Waals surface area contributed by atoms with Gasteiger partial charge in [0.25, 0.3) is 0 Å². The quantitative estimate of drug-likeness (QED) is 0.171. The summed E-state index contributed by atoms with van der Waals surface area (Å²) in [5.41, 5.74) is 0. The molecule has 0 aromatic rings. The highest BCUT2D eigenvalue weighted by atomic mass is 28.3. The maximum absolute atomic E-state index is 11.7. The fraction of sp³-hybridized carbons (Fsp3) is 0.864. The molecule has 1 heterocycles. The van der Waals surface area contributed by atoms with Crippen molar-refractivity contribution in [1.82, 2.24) is 4.90 Å². The number of imide groups is 3. The maximum atomic E-state index is 11.7. The van der Waals surface area contributed by atoms with Gasteiger partial charge in [-0.05, 0) is 25.3 Å².